The highest BCUT2D eigenvalue weighted by Gasteiger charge is 2.27. The molecule has 108 valence electrons. The number of ether oxygens (including phenoxy) is 1. The van der Waals surface area contributed by atoms with Crippen LogP contribution in [0, 0.1) is 0 Å². The van der Waals surface area contributed by atoms with Crippen molar-refractivity contribution in [2.75, 3.05) is 13.7 Å². The molecule has 0 radical (unpaired) electrons. The van der Waals surface area contributed by atoms with Crippen LogP contribution in [0.5, 0.6) is 5.75 Å². The van der Waals surface area contributed by atoms with E-state index in [1.807, 2.05) is 24.3 Å². The van der Waals surface area contributed by atoms with Gasteiger partial charge in [-0.3, -0.25) is 4.79 Å². The van der Waals surface area contributed by atoms with Crippen LogP contribution in [0.2, 0.25) is 0 Å². The fraction of sp³-hybridized carbons (Fsp3) is 0.467. The summed E-state index contributed by atoms with van der Waals surface area (Å²) in [5, 5.41) is 8.95. The molecule has 0 fully saturated rings. The van der Waals surface area contributed by atoms with Crippen LogP contribution in [0.4, 0.5) is 0 Å². The number of para-hydroxylation sites is 1. The zero-order valence-electron chi connectivity index (χ0n) is 11.7. The lowest BCUT2D eigenvalue weighted by atomic mass is 9.90. The number of fused-ring (bicyclic) bond motifs is 1. The van der Waals surface area contributed by atoms with Crippen molar-refractivity contribution in [3.05, 3.63) is 29.8 Å². The number of nitrogens with zero attached hydrogens (tertiary/aromatic N) is 1. The van der Waals surface area contributed by atoms with Gasteiger partial charge < -0.3 is 14.7 Å². The molecule has 2 rings (SSSR count). The van der Waals surface area contributed by atoms with Crippen LogP contribution in [0.1, 0.15) is 31.2 Å². The Hall–Kier alpha value is -2.04. The summed E-state index contributed by atoms with van der Waals surface area (Å²) in [6, 6.07) is 6.89. The van der Waals surface area contributed by atoms with Crippen molar-refractivity contribution in [3.8, 4) is 5.75 Å². The van der Waals surface area contributed by atoms with E-state index in [2.05, 4.69) is 0 Å². The lowest BCUT2D eigenvalue weighted by Gasteiger charge is -2.28. The van der Waals surface area contributed by atoms with Gasteiger partial charge in [-0.15, -0.1) is 0 Å². The SMILES string of the molecule is CC(C(=O)O)N(C)C(=O)CC1CCOc2ccccc21. The highest BCUT2D eigenvalue weighted by Crippen LogP contribution is 2.35. The van der Waals surface area contributed by atoms with Crippen molar-refractivity contribution in [1.29, 1.82) is 0 Å². The molecule has 1 aromatic carbocycles. The van der Waals surface area contributed by atoms with Crippen molar-refractivity contribution in [2.24, 2.45) is 0 Å². The van der Waals surface area contributed by atoms with E-state index >= 15 is 0 Å². The zero-order chi connectivity index (χ0) is 14.7. The van der Waals surface area contributed by atoms with Crippen LogP contribution in [0.15, 0.2) is 24.3 Å². The number of hydrogen-bond acceptors (Lipinski definition) is 3. The Kier molecular flexibility index (Phi) is 4.27. The number of amides is 1. The van der Waals surface area contributed by atoms with E-state index in [4.69, 9.17) is 9.84 Å². The second kappa shape index (κ2) is 5.94. The van der Waals surface area contributed by atoms with Crippen molar-refractivity contribution >= 4 is 11.9 Å². The van der Waals surface area contributed by atoms with Crippen molar-refractivity contribution in [3.63, 3.8) is 0 Å². The molecular formula is C15H19NO4. The number of rotatable bonds is 4. The van der Waals surface area contributed by atoms with Crippen LogP contribution in [-0.4, -0.2) is 41.6 Å². The van der Waals surface area contributed by atoms with Gasteiger partial charge in [-0.25, -0.2) is 4.79 Å². The number of carbonyl (C=O) groups excluding carboxylic acids is 1. The van der Waals surface area contributed by atoms with Crippen LogP contribution in [0.3, 0.4) is 0 Å². The molecule has 1 heterocycles. The number of carbonyl (C=O) groups is 2. The predicted molar refractivity (Wildman–Crippen MR) is 73.8 cm³/mol. The minimum atomic E-state index is -0.992. The van der Waals surface area contributed by atoms with E-state index in [0.29, 0.717) is 13.0 Å². The molecule has 20 heavy (non-hydrogen) atoms. The molecule has 1 aromatic rings. The third-order valence-corrected chi connectivity index (χ3v) is 3.84. The first-order chi connectivity index (χ1) is 9.50. The Morgan fingerprint density at radius 1 is 1.45 bits per heavy atom. The van der Waals surface area contributed by atoms with Gasteiger partial charge in [0.25, 0.3) is 0 Å². The summed E-state index contributed by atoms with van der Waals surface area (Å²) in [5.74, 6) is -0.226. The average Bonchev–Trinajstić information content (AvgIpc) is 2.46. The number of carboxylic acids is 1. The molecule has 0 aliphatic carbocycles. The molecule has 1 aliphatic rings. The van der Waals surface area contributed by atoms with Gasteiger partial charge in [-0.2, -0.15) is 0 Å². The van der Waals surface area contributed by atoms with E-state index in [-0.39, 0.29) is 11.8 Å². The number of aliphatic carboxylic acids is 1. The molecule has 0 saturated heterocycles. The average molecular weight is 277 g/mol. The van der Waals surface area contributed by atoms with E-state index in [1.54, 1.807) is 0 Å². The maximum absolute atomic E-state index is 12.2. The van der Waals surface area contributed by atoms with Gasteiger partial charge in [-0.1, -0.05) is 18.2 Å². The third kappa shape index (κ3) is 2.92. The predicted octanol–water partition coefficient (Wildman–Crippen LogP) is 1.87. The molecule has 1 aliphatic heterocycles. The van der Waals surface area contributed by atoms with Crippen LogP contribution >= 0.6 is 0 Å². The number of likely N-dealkylation sites (N-methyl/N-ethyl adjacent to an activating group) is 1. The number of hydrogen-bond donors (Lipinski definition) is 1. The lowest BCUT2D eigenvalue weighted by molar-refractivity contribution is -0.148. The second-order valence-electron chi connectivity index (χ2n) is 5.09. The van der Waals surface area contributed by atoms with Crippen molar-refractivity contribution in [1.82, 2.24) is 4.90 Å². The van der Waals surface area contributed by atoms with Crippen molar-refractivity contribution in [2.45, 2.75) is 31.7 Å². The maximum atomic E-state index is 12.2. The molecule has 5 heteroatoms. The first kappa shape index (κ1) is 14.4. The van der Waals surface area contributed by atoms with Crippen LogP contribution in [0.25, 0.3) is 0 Å². The van der Waals surface area contributed by atoms with Crippen LogP contribution in [-0.2, 0) is 9.59 Å². The molecule has 0 aromatic heterocycles. The smallest absolute Gasteiger partial charge is 0.326 e. The van der Waals surface area contributed by atoms with Gasteiger partial charge in [0.05, 0.1) is 6.61 Å². The minimum absolute atomic E-state index is 0.0934. The topological polar surface area (TPSA) is 66.8 Å². The first-order valence-corrected chi connectivity index (χ1v) is 6.71. The van der Waals surface area contributed by atoms with E-state index in [1.165, 1.54) is 18.9 Å². The maximum Gasteiger partial charge on any atom is 0.326 e. The Morgan fingerprint density at radius 2 is 2.15 bits per heavy atom. The molecular weight excluding hydrogens is 258 g/mol. The summed E-state index contributed by atoms with van der Waals surface area (Å²) in [6.45, 7) is 2.10. The van der Waals surface area contributed by atoms with Crippen molar-refractivity contribution < 1.29 is 19.4 Å². The van der Waals surface area contributed by atoms with Gasteiger partial charge in [0.1, 0.15) is 11.8 Å². The fourth-order valence-corrected chi connectivity index (χ4v) is 2.36. The molecule has 0 bridgehead atoms. The third-order valence-electron chi connectivity index (χ3n) is 3.84. The van der Waals surface area contributed by atoms with Crippen LogP contribution < -0.4 is 4.74 Å². The first-order valence-electron chi connectivity index (χ1n) is 6.71. The fourth-order valence-electron chi connectivity index (χ4n) is 2.36. The molecule has 5 nitrogen and oxygen atoms in total. The summed E-state index contributed by atoms with van der Waals surface area (Å²) in [4.78, 5) is 24.4. The molecule has 1 amide bonds. The lowest BCUT2D eigenvalue weighted by Crippen LogP contribution is -2.40. The Morgan fingerprint density at radius 3 is 2.85 bits per heavy atom. The van der Waals surface area contributed by atoms with Gasteiger partial charge >= 0.3 is 5.97 Å². The monoisotopic (exact) mass is 277 g/mol. The van der Waals surface area contributed by atoms with E-state index in [0.717, 1.165) is 17.7 Å². The summed E-state index contributed by atoms with van der Waals surface area (Å²) in [5.41, 5.74) is 1.03. The number of carboxylic acid groups (broad SMARTS) is 1. The van der Waals surface area contributed by atoms with E-state index in [9.17, 15) is 9.59 Å². The second-order valence-corrected chi connectivity index (χ2v) is 5.09. The van der Waals surface area contributed by atoms with Gasteiger partial charge in [0, 0.05) is 13.5 Å². The summed E-state index contributed by atoms with van der Waals surface area (Å²) < 4.78 is 5.56. The Labute approximate surface area is 118 Å². The highest BCUT2D eigenvalue weighted by molar-refractivity contribution is 5.83. The number of benzene rings is 1. The van der Waals surface area contributed by atoms with Gasteiger partial charge in [-0.05, 0) is 30.9 Å². The quantitative estimate of drug-likeness (QED) is 0.912. The molecule has 0 saturated carbocycles. The highest BCUT2D eigenvalue weighted by atomic mass is 16.5. The normalized spacial score (nSPS) is 18.6. The molecule has 2 unspecified atom stereocenters. The summed E-state index contributed by atoms with van der Waals surface area (Å²) >= 11 is 0. The van der Waals surface area contributed by atoms with E-state index < -0.39 is 12.0 Å². The zero-order valence-corrected chi connectivity index (χ0v) is 11.7. The Bertz CT molecular complexity index is 514. The molecule has 0 spiro atoms. The molecule has 2 atom stereocenters. The minimum Gasteiger partial charge on any atom is -0.493 e. The standard InChI is InChI=1S/C15H19NO4/c1-10(15(18)19)16(2)14(17)9-11-7-8-20-13-6-4-3-5-12(11)13/h3-6,10-11H,7-9H2,1-2H3,(H,18,19). The molecule has 1 N–H and O–H groups in total. The summed E-state index contributed by atoms with van der Waals surface area (Å²) in [6.07, 6.45) is 1.09. The summed E-state index contributed by atoms with van der Waals surface area (Å²) in [7, 11) is 1.53. The van der Waals surface area contributed by atoms with Gasteiger partial charge in [0.2, 0.25) is 5.91 Å². The largest absolute Gasteiger partial charge is 0.493 e. The van der Waals surface area contributed by atoms with Gasteiger partial charge in [0.15, 0.2) is 0 Å². The Balaban J connectivity index is 2.08.